The standard InChI is InChI=1S/C19H15Cl2N/c20-17-10-6-15(7-11-17)19(22,14-4-2-1-3-5-14)16-8-12-18(21)13-9-16/h1-13H,22H2. The van der Waals surface area contributed by atoms with Crippen molar-refractivity contribution in [1.82, 2.24) is 0 Å². The van der Waals surface area contributed by atoms with Gasteiger partial charge in [-0.25, -0.2) is 0 Å². The topological polar surface area (TPSA) is 26.0 Å². The Kier molecular flexibility index (Phi) is 4.21. The maximum atomic E-state index is 6.88. The van der Waals surface area contributed by atoms with E-state index in [-0.39, 0.29) is 0 Å². The summed E-state index contributed by atoms with van der Waals surface area (Å²) >= 11 is 12.0. The van der Waals surface area contributed by atoms with E-state index in [1.807, 2.05) is 78.9 Å². The first kappa shape index (κ1) is 15.1. The molecule has 0 amide bonds. The zero-order valence-electron chi connectivity index (χ0n) is 11.8. The highest BCUT2D eigenvalue weighted by Crippen LogP contribution is 2.35. The molecule has 22 heavy (non-hydrogen) atoms. The third kappa shape index (κ3) is 2.76. The molecular weight excluding hydrogens is 313 g/mol. The van der Waals surface area contributed by atoms with Crippen molar-refractivity contribution in [2.75, 3.05) is 0 Å². The predicted molar refractivity (Wildman–Crippen MR) is 93.4 cm³/mol. The van der Waals surface area contributed by atoms with Crippen LogP contribution in [-0.2, 0) is 5.54 Å². The highest BCUT2D eigenvalue weighted by Gasteiger charge is 2.31. The smallest absolute Gasteiger partial charge is 0.0922 e. The molecule has 0 spiro atoms. The zero-order chi connectivity index (χ0) is 15.6. The predicted octanol–water partition coefficient (Wildman–Crippen LogP) is 5.24. The monoisotopic (exact) mass is 327 g/mol. The molecule has 0 radical (unpaired) electrons. The van der Waals surface area contributed by atoms with Crippen molar-refractivity contribution in [2.45, 2.75) is 5.54 Å². The normalized spacial score (nSPS) is 11.4. The van der Waals surface area contributed by atoms with Crippen molar-refractivity contribution in [3.8, 4) is 0 Å². The van der Waals surface area contributed by atoms with Crippen LogP contribution in [0.4, 0.5) is 0 Å². The average Bonchev–Trinajstić information content (AvgIpc) is 2.56. The molecule has 3 rings (SSSR count). The van der Waals surface area contributed by atoms with Gasteiger partial charge in [0.05, 0.1) is 5.54 Å². The molecule has 0 atom stereocenters. The van der Waals surface area contributed by atoms with Gasteiger partial charge in [-0.15, -0.1) is 0 Å². The van der Waals surface area contributed by atoms with Gasteiger partial charge >= 0.3 is 0 Å². The van der Waals surface area contributed by atoms with Crippen LogP contribution in [0.2, 0.25) is 10.0 Å². The minimum atomic E-state index is -0.754. The highest BCUT2D eigenvalue weighted by atomic mass is 35.5. The lowest BCUT2D eigenvalue weighted by atomic mass is 9.78. The van der Waals surface area contributed by atoms with Gasteiger partial charge in [-0.2, -0.15) is 0 Å². The van der Waals surface area contributed by atoms with Crippen LogP contribution in [0.1, 0.15) is 16.7 Å². The molecule has 3 aromatic carbocycles. The molecule has 3 aromatic rings. The largest absolute Gasteiger partial charge is 0.314 e. The SMILES string of the molecule is NC(c1ccccc1)(c1ccc(Cl)cc1)c1ccc(Cl)cc1. The quantitative estimate of drug-likeness (QED) is 0.654. The summed E-state index contributed by atoms with van der Waals surface area (Å²) in [6.07, 6.45) is 0. The molecule has 0 fully saturated rings. The van der Waals surface area contributed by atoms with Crippen LogP contribution in [0, 0.1) is 0 Å². The van der Waals surface area contributed by atoms with Gasteiger partial charge in [0.2, 0.25) is 0 Å². The second kappa shape index (κ2) is 6.13. The van der Waals surface area contributed by atoms with Crippen molar-refractivity contribution in [3.05, 3.63) is 106 Å². The van der Waals surface area contributed by atoms with Gasteiger partial charge in [-0.05, 0) is 41.0 Å². The Morgan fingerprint density at radius 2 is 0.909 bits per heavy atom. The molecule has 0 aromatic heterocycles. The van der Waals surface area contributed by atoms with Gasteiger partial charge in [-0.1, -0.05) is 77.8 Å². The zero-order valence-corrected chi connectivity index (χ0v) is 13.4. The third-order valence-corrected chi connectivity index (χ3v) is 4.33. The lowest BCUT2D eigenvalue weighted by Crippen LogP contribution is -2.39. The fraction of sp³-hybridized carbons (Fsp3) is 0.0526. The Balaban J connectivity index is 2.22. The molecule has 1 nitrogen and oxygen atoms in total. The van der Waals surface area contributed by atoms with Crippen molar-refractivity contribution >= 4 is 23.2 Å². The van der Waals surface area contributed by atoms with E-state index < -0.39 is 5.54 Å². The maximum absolute atomic E-state index is 6.88. The molecule has 0 aliphatic heterocycles. The van der Waals surface area contributed by atoms with E-state index in [4.69, 9.17) is 28.9 Å². The van der Waals surface area contributed by atoms with E-state index in [2.05, 4.69) is 0 Å². The van der Waals surface area contributed by atoms with Gasteiger partial charge < -0.3 is 5.73 Å². The fourth-order valence-corrected chi connectivity index (χ4v) is 2.88. The van der Waals surface area contributed by atoms with Gasteiger partial charge in [0.15, 0.2) is 0 Å². The minimum absolute atomic E-state index is 0.690. The van der Waals surface area contributed by atoms with E-state index in [1.54, 1.807) is 0 Å². The summed E-state index contributed by atoms with van der Waals surface area (Å²) in [7, 11) is 0. The number of benzene rings is 3. The van der Waals surface area contributed by atoms with Crippen LogP contribution in [0.5, 0.6) is 0 Å². The van der Waals surface area contributed by atoms with Crippen LogP contribution >= 0.6 is 23.2 Å². The van der Waals surface area contributed by atoms with E-state index in [0.717, 1.165) is 16.7 Å². The van der Waals surface area contributed by atoms with Gasteiger partial charge in [0.25, 0.3) is 0 Å². The van der Waals surface area contributed by atoms with E-state index in [0.29, 0.717) is 10.0 Å². The summed E-state index contributed by atoms with van der Waals surface area (Å²) < 4.78 is 0. The highest BCUT2D eigenvalue weighted by molar-refractivity contribution is 6.30. The van der Waals surface area contributed by atoms with Gasteiger partial charge in [0, 0.05) is 10.0 Å². The molecule has 0 aliphatic carbocycles. The molecule has 0 bridgehead atoms. The van der Waals surface area contributed by atoms with Crippen molar-refractivity contribution in [2.24, 2.45) is 5.73 Å². The molecule has 3 heteroatoms. The van der Waals surface area contributed by atoms with Crippen molar-refractivity contribution in [3.63, 3.8) is 0 Å². The summed E-state index contributed by atoms with van der Waals surface area (Å²) in [5.41, 5.74) is 9.09. The molecule has 0 aliphatic rings. The molecular formula is C19H15Cl2N. The first-order chi connectivity index (χ1) is 10.6. The van der Waals surface area contributed by atoms with Crippen LogP contribution < -0.4 is 5.73 Å². The average molecular weight is 328 g/mol. The maximum Gasteiger partial charge on any atom is 0.0922 e. The summed E-state index contributed by atoms with van der Waals surface area (Å²) in [5.74, 6) is 0. The molecule has 0 saturated heterocycles. The lowest BCUT2D eigenvalue weighted by molar-refractivity contribution is 0.653. The van der Waals surface area contributed by atoms with Crippen LogP contribution in [-0.4, -0.2) is 0 Å². The summed E-state index contributed by atoms with van der Waals surface area (Å²) in [4.78, 5) is 0. The van der Waals surface area contributed by atoms with Crippen molar-refractivity contribution in [1.29, 1.82) is 0 Å². The van der Waals surface area contributed by atoms with Crippen LogP contribution in [0.3, 0.4) is 0 Å². The van der Waals surface area contributed by atoms with E-state index in [1.165, 1.54) is 0 Å². The number of halogens is 2. The van der Waals surface area contributed by atoms with Gasteiger partial charge in [0.1, 0.15) is 0 Å². The lowest BCUT2D eigenvalue weighted by Gasteiger charge is -2.31. The second-order valence-electron chi connectivity index (χ2n) is 5.19. The number of nitrogens with two attached hydrogens (primary N) is 1. The Labute approximate surface area is 140 Å². The Morgan fingerprint density at radius 3 is 1.32 bits per heavy atom. The van der Waals surface area contributed by atoms with Crippen LogP contribution in [0.15, 0.2) is 78.9 Å². The summed E-state index contributed by atoms with van der Waals surface area (Å²) in [5, 5.41) is 1.38. The molecule has 110 valence electrons. The van der Waals surface area contributed by atoms with E-state index >= 15 is 0 Å². The minimum Gasteiger partial charge on any atom is -0.314 e. The third-order valence-electron chi connectivity index (χ3n) is 3.83. The van der Waals surface area contributed by atoms with Crippen molar-refractivity contribution < 1.29 is 0 Å². The Morgan fingerprint density at radius 1 is 0.545 bits per heavy atom. The first-order valence-corrected chi connectivity index (χ1v) is 7.73. The summed E-state index contributed by atoms with van der Waals surface area (Å²) in [6, 6.07) is 25.3. The summed E-state index contributed by atoms with van der Waals surface area (Å²) in [6.45, 7) is 0. The molecule has 0 heterocycles. The van der Waals surface area contributed by atoms with E-state index in [9.17, 15) is 0 Å². The molecule has 0 saturated carbocycles. The van der Waals surface area contributed by atoms with Crippen LogP contribution in [0.25, 0.3) is 0 Å². The molecule has 0 unspecified atom stereocenters. The molecule has 2 N–H and O–H groups in total. The number of hydrogen-bond donors (Lipinski definition) is 1. The van der Waals surface area contributed by atoms with Gasteiger partial charge in [-0.3, -0.25) is 0 Å². The first-order valence-electron chi connectivity index (χ1n) is 6.97. The Bertz CT molecular complexity index is 704. The fourth-order valence-electron chi connectivity index (χ4n) is 2.63. The number of hydrogen-bond acceptors (Lipinski definition) is 1. The Hall–Kier alpha value is -1.80. The number of rotatable bonds is 3. The second-order valence-corrected chi connectivity index (χ2v) is 6.06.